The van der Waals surface area contributed by atoms with Gasteiger partial charge in [0.05, 0.1) is 10.6 Å². The molecule has 0 aliphatic rings. The Hall–Kier alpha value is -1.17. The fraction of sp³-hybridized carbons (Fsp3) is 0.462. The van der Waals surface area contributed by atoms with E-state index in [0.717, 1.165) is 6.07 Å². The van der Waals surface area contributed by atoms with Gasteiger partial charge >= 0.3 is 0 Å². The SMILES string of the molecule is CN(C)CC(C)(O)CNC(=O)c1ccc(F)c(Cl)c1. The molecule has 0 aromatic heterocycles. The number of aliphatic hydroxyl groups is 1. The summed E-state index contributed by atoms with van der Waals surface area (Å²) in [5.74, 6) is -0.973. The summed E-state index contributed by atoms with van der Waals surface area (Å²) in [5.41, 5.74) is -0.782. The third-order valence-corrected chi connectivity index (χ3v) is 2.76. The molecule has 1 rings (SSSR count). The van der Waals surface area contributed by atoms with Crippen LogP contribution in [0.5, 0.6) is 0 Å². The van der Waals surface area contributed by atoms with Crippen molar-refractivity contribution in [1.29, 1.82) is 0 Å². The van der Waals surface area contributed by atoms with Gasteiger partial charge in [-0.15, -0.1) is 0 Å². The molecule has 0 aliphatic carbocycles. The standard InChI is InChI=1S/C13H18ClFN2O2/c1-13(19,8-17(2)3)7-16-12(18)9-4-5-11(15)10(14)6-9/h4-6,19H,7-8H2,1-3H3,(H,16,18). The second kappa shape index (κ2) is 6.32. The minimum absolute atomic E-state index is 0.0962. The smallest absolute Gasteiger partial charge is 0.251 e. The molecule has 0 saturated carbocycles. The van der Waals surface area contributed by atoms with Gasteiger partial charge < -0.3 is 15.3 Å². The number of nitrogens with one attached hydrogen (secondary N) is 1. The molecule has 0 spiro atoms. The normalized spacial score (nSPS) is 14.3. The molecule has 0 saturated heterocycles. The zero-order valence-corrected chi connectivity index (χ0v) is 12.0. The highest BCUT2D eigenvalue weighted by Crippen LogP contribution is 2.16. The summed E-state index contributed by atoms with van der Waals surface area (Å²) < 4.78 is 13.0. The van der Waals surface area contributed by atoms with Crippen molar-refractivity contribution in [1.82, 2.24) is 10.2 Å². The largest absolute Gasteiger partial charge is 0.387 e. The molecule has 2 N–H and O–H groups in total. The summed E-state index contributed by atoms with van der Waals surface area (Å²) in [7, 11) is 3.66. The Kier molecular flexibility index (Phi) is 5.29. The van der Waals surface area contributed by atoms with Crippen LogP contribution in [-0.2, 0) is 0 Å². The molecule has 6 heteroatoms. The number of carbonyl (C=O) groups excluding carboxylic acids is 1. The highest BCUT2D eigenvalue weighted by molar-refractivity contribution is 6.31. The van der Waals surface area contributed by atoms with E-state index >= 15 is 0 Å². The minimum atomic E-state index is -1.04. The molecule has 1 atom stereocenters. The molecule has 4 nitrogen and oxygen atoms in total. The van der Waals surface area contributed by atoms with Crippen LogP contribution >= 0.6 is 11.6 Å². The Morgan fingerprint density at radius 3 is 2.68 bits per heavy atom. The molecule has 0 fully saturated rings. The summed E-state index contributed by atoms with van der Waals surface area (Å²) in [6.45, 7) is 2.14. The Balaban J connectivity index is 2.62. The minimum Gasteiger partial charge on any atom is -0.387 e. The number of nitrogens with zero attached hydrogens (tertiary/aromatic N) is 1. The van der Waals surface area contributed by atoms with Crippen LogP contribution in [0, 0.1) is 5.82 Å². The van der Waals surface area contributed by atoms with Gasteiger partial charge in [-0.05, 0) is 39.2 Å². The van der Waals surface area contributed by atoms with Gasteiger partial charge in [0, 0.05) is 18.7 Å². The number of hydrogen-bond donors (Lipinski definition) is 2. The van der Waals surface area contributed by atoms with Gasteiger partial charge in [-0.1, -0.05) is 11.6 Å². The van der Waals surface area contributed by atoms with Crippen LogP contribution in [0.3, 0.4) is 0 Å². The Bertz CT molecular complexity index is 464. The van der Waals surface area contributed by atoms with Gasteiger partial charge in [-0.25, -0.2) is 4.39 Å². The third-order valence-electron chi connectivity index (χ3n) is 2.47. The summed E-state index contributed by atoms with van der Waals surface area (Å²) >= 11 is 5.61. The molecule has 0 radical (unpaired) electrons. The average Bonchev–Trinajstić information content (AvgIpc) is 2.28. The number of likely N-dealkylation sites (N-methyl/N-ethyl adjacent to an activating group) is 1. The molecule has 1 aromatic carbocycles. The maximum absolute atomic E-state index is 13.0. The third kappa shape index (κ3) is 5.14. The first-order chi connectivity index (χ1) is 8.71. The first kappa shape index (κ1) is 15.9. The number of rotatable bonds is 5. The second-order valence-electron chi connectivity index (χ2n) is 5.05. The number of benzene rings is 1. The van der Waals surface area contributed by atoms with E-state index in [1.54, 1.807) is 6.92 Å². The lowest BCUT2D eigenvalue weighted by atomic mass is 10.1. The van der Waals surface area contributed by atoms with Gasteiger partial charge in [-0.3, -0.25) is 4.79 Å². The van der Waals surface area contributed by atoms with Crippen molar-refractivity contribution in [2.45, 2.75) is 12.5 Å². The number of carbonyl (C=O) groups is 1. The van der Waals surface area contributed by atoms with Crippen molar-refractivity contribution >= 4 is 17.5 Å². The monoisotopic (exact) mass is 288 g/mol. The van der Waals surface area contributed by atoms with E-state index in [1.165, 1.54) is 12.1 Å². The van der Waals surface area contributed by atoms with E-state index in [-0.39, 0.29) is 17.1 Å². The zero-order valence-electron chi connectivity index (χ0n) is 11.2. The molecule has 19 heavy (non-hydrogen) atoms. The highest BCUT2D eigenvalue weighted by Gasteiger charge is 2.22. The van der Waals surface area contributed by atoms with Crippen LogP contribution in [-0.4, -0.2) is 48.7 Å². The average molecular weight is 289 g/mol. The lowest BCUT2D eigenvalue weighted by molar-refractivity contribution is 0.0326. The van der Waals surface area contributed by atoms with Crippen molar-refractivity contribution in [3.05, 3.63) is 34.6 Å². The lowest BCUT2D eigenvalue weighted by Gasteiger charge is -2.27. The van der Waals surface area contributed by atoms with Crippen molar-refractivity contribution in [2.75, 3.05) is 27.2 Å². The van der Waals surface area contributed by atoms with E-state index in [2.05, 4.69) is 5.32 Å². The molecule has 0 heterocycles. The van der Waals surface area contributed by atoms with Gasteiger partial charge in [-0.2, -0.15) is 0 Å². The molecule has 1 aromatic rings. The quantitative estimate of drug-likeness (QED) is 0.864. The molecule has 0 aliphatic heterocycles. The van der Waals surface area contributed by atoms with Crippen LogP contribution in [0.15, 0.2) is 18.2 Å². The van der Waals surface area contributed by atoms with Gasteiger partial charge in [0.15, 0.2) is 0 Å². The Morgan fingerprint density at radius 2 is 2.16 bits per heavy atom. The fourth-order valence-electron chi connectivity index (χ4n) is 1.75. The van der Waals surface area contributed by atoms with Crippen molar-refractivity contribution in [3.63, 3.8) is 0 Å². The van der Waals surface area contributed by atoms with E-state index in [9.17, 15) is 14.3 Å². The zero-order chi connectivity index (χ0) is 14.6. The fourth-order valence-corrected chi connectivity index (χ4v) is 1.93. The molecule has 106 valence electrons. The maximum Gasteiger partial charge on any atom is 0.251 e. The van der Waals surface area contributed by atoms with Crippen LogP contribution in [0.25, 0.3) is 0 Å². The maximum atomic E-state index is 13.0. The van der Waals surface area contributed by atoms with E-state index < -0.39 is 17.3 Å². The van der Waals surface area contributed by atoms with Gasteiger partial charge in [0.25, 0.3) is 5.91 Å². The summed E-state index contributed by atoms with van der Waals surface area (Å²) in [6.07, 6.45) is 0. The van der Waals surface area contributed by atoms with Gasteiger partial charge in [0.2, 0.25) is 0 Å². The lowest BCUT2D eigenvalue weighted by Crippen LogP contribution is -2.47. The van der Waals surface area contributed by atoms with Crippen LogP contribution in [0.1, 0.15) is 17.3 Å². The van der Waals surface area contributed by atoms with Crippen LogP contribution in [0.2, 0.25) is 5.02 Å². The van der Waals surface area contributed by atoms with E-state index in [1.807, 2.05) is 19.0 Å². The number of amides is 1. The second-order valence-corrected chi connectivity index (χ2v) is 5.45. The van der Waals surface area contributed by atoms with E-state index in [0.29, 0.717) is 6.54 Å². The van der Waals surface area contributed by atoms with Crippen molar-refractivity contribution in [2.24, 2.45) is 0 Å². The van der Waals surface area contributed by atoms with E-state index in [4.69, 9.17) is 11.6 Å². The predicted molar refractivity (Wildman–Crippen MR) is 72.9 cm³/mol. The molecular weight excluding hydrogens is 271 g/mol. The van der Waals surface area contributed by atoms with Crippen LogP contribution < -0.4 is 5.32 Å². The topological polar surface area (TPSA) is 52.6 Å². The first-order valence-electron chi connectivity index (χ1n) is 5.82. The predicted octanol–water partition coefficient (Wildman–Crippen LogP) is 1.52. The molecule has 1 amide bonds. The number of hydrogen-bond acceptors (Lipinski definition) is 3. The molecular formula is C13H18ClFN2O2. The number of halogens is 2. The summed E-state index contributed by atoms with van der Waals surface area (Å²) in [6, 6.07) is 3.74. The Morgan fingerprint density at radius 1 is 1.53 bits per heavy atom. The first-order valence-corrected chi connectivity index (χ1v) is 6.19. The molecule has 1 unspecified atom stereocenters. The summed E-state index contributed by atoms with van der Waals surface area (Å²) in [4.78, 5) is 13.6. The molecule has 0 bridgehead atoms. The van der Waals surface area contributed by atoms with Gasteiger partial charge in [0.1, 0.15) is 5.82 Å². The highest BCUT2D eigenvalue weighted by atomic mass is 35.5. The Labute approximate surface area is 117 Å². The van der Waals surface area contributed by atoms with Crippen molar-refractivity contribution in [3.8, 4) is 0 Å². The van der Waals surface area contributed by atoms with Crippen LogP contribution in [0.4, 0.5) is 4.39 Å². The summed E-state index contributed by atoms with van der Waals surface area (Å²) in [5, 5.41) is 12.5. The van der Waals surface area contributed by atoms with Crippen molar-refractivity contribution < 1.29 is 14.3 Å².